The van der Waals surface area contributed by atoms with Gasteiger partial charge in [0.1, 0.15) is 12.9 Å². The van der Waals surface area contributed by atoms with Gasteiger partial charge in [0.05, 0.1) is 24.1 Å². The Morgan fingerprint density at radius 3 is 2.91 bits per heavy atom. The summed E-state index contributed by atoms with van der Waals surface area (Å²) in [5, 5.41) is 8.75. The predicted octanol–water partition coefficient (Wildman–Crippen LogP) is 2.40. The summed E-state index contributed by atoms with van der Waals surface area (Å²) in [5.74, 6) is 2.28. The Morgan fingerprint density at radius 2 is 2.22 bits per heavy atom. The molecule has 1 aliphatic carbocycles. The Hall–Kier alpha value is -2.41. The molecule has 0 amide bonds. The van der Waals surface area contributed by atoms with Crippen molar-refractivity contribution in [3.05, 3.63) is 42.4 Å². The van der Waals surface area contributed by atoms with E-state index in [-0.39, 0.29) is 0 Å². The molecule has 1 saturated carbocycles. The van der Waals surface area contributed by atoms with Gasteiger partial charge in [-0.05, 0) is 30.9 Å². The van der Waals surface area contributed by atoms with E-state index in [1.165, 1.54) is 12.8 Å². The quantitative estimate of drug-likeness (QED) is 0.670. The maximum atomic E-state index is 5.81. The number of ether oxygens (including phenoxy) is 1. The lowest BCUT2D eigenvalue weighted by Gasteiger charge is -2.06. The topological polar surface area (TPSA) is 70.9 Å². The van der Waals surface area contributed by atoms with Crippen LogP contribution in [0.1, 0.15) is 24.4 Å². The summed E-state index contributed by atoms with van der Waals surface area (Å²) in [4.78, 5) is 4.62. The van der Waals surface area contributed by atoms with Crippen molar-refractivity contribution in [3.63, 3.8) is 0 Å². The fourth-order valence-electron chi connectivity index (χ4n) is 2.48. The van der Waals surface area contributed by atoms with Crippen LogP contribution >= 0.6 is 0 Å². The maximum absolute atomic E-state index is 5.81. The van der Waals surface area contributed by atoms with E-state index in [0.29, 0.717) is 19.0 Å². The lowest BCUT2D eigenvalue weighted by molar-refractivity contribution is 0.0935. The van der Waals surface area contributed by atoms with E-state index in [9.17, 15) is 0 Å². The second-order valence-corrected chi connectivity index (χ2v) is 5.93. The molecule has 3 aromatic heterocycles. The smallest absolute Gasteiger partial charge is 0.184 e. The van der Waals surface area contributed by atoms with Gasteiger partial charge in [0.15, 0.2) is 11.6 Å². The molecule has 1 fully saturated rings. The highest BCUT2D eigenvalue weighted by atomic mass is 16.5. The highest BCUT2D eigenvalue weighted by Crippen LogP contribution is 2.31. The molecule has 7 nitrogen and oxygen atoms in total. The van der Waals surface area contributed by atoms with Crippen molar-refractivity contribution < 1.29 is 9.15 Å². The fourth-order valence-corrected chi connectivity index (χ4v) is 2.48. The average Bonchev–Trinajstić information content (AvgIpc) is 2.94. The summed E-state index contributed by atoms with van der Waals surface area (Å²) in [5.41, 5.74) is 1.93. The third-order valence-corrected chi connectivity index (χ3v) is 4.06. The van der Waals surface area contributed by atoms with Crippen molar-refractivity contribution in [3.8, 4) is 11.4 Å². The summed E-state index contributed by atoms with van der Waals surface area (Å²) in [7, 11) is 1.91. The van der Waals surface area contributed by atoms with E-state index in [4.69, 9.17) is 9.15 Å². The van der Waals surface area contributed by atoms with Crippen molar-refractivity contribution in [2.24, 2.45) is 13.0 Å². The summed E-state index contributed by atoms with van der Waals surface area (Å²) < 4.78 is 14.7. The molecule has 0 aliphatic heterocycles. The second-order valence-electron chi connectivity index (χ2n) is 5.93. The summed E-state index contributed by atoms with van der Waals surface area (Å²) >= 11 is 0. The summed E-state index contributed by atoms with van der Waals surface area (Å²) in [6.45, 7) is 1.85. The number of hydrogen-bond donors (Lipinski definition) is 0. The lowest BCUT2D eigenvalue weighted by atomic mass is 10.3. The Labute approximate surface area is 133 Å². The van der Waals surface area contributed by atoms with Crippen LogP contribution in [0.3, 0.4) is 0 Å². The predicted molar refractivity (Wildman–Crippen MR) is 82.1 cm³/mol. The van der Waals surface area contributed by atoms with Gasteiger partial charge < -0.3 is 9.15 Å². The van der Waals surface area contributed by atoms with Crippen LogP contribution in [0.25, 0.3) is 11.4 Å². The number of hydrogen-bond acceptors (Lipinski definition) is 5. The minimum atomic E-state index is 0.433. The molecule has 0 aromatic carbocycles. The van der Waals surface area contributed by atoms with Crippen molar-refractivity contribution in [1.82, 2.24) is 24.5 Å². The Balaban J connectivity index is 1.48. The van der Waals surface area contributed by atoms with Gasteiger partial charge in [-0.25, -0.2) is 9.67 Å². The van der Waals surface area contributed by atoms with E-state index in [0.717, 1.165) is 29.5 Å². The van der Waals surface area contributed by atoms with Gasteiger partial charge in [0.2, 0.25) is 0 Å². The molecule has 7 heteroatoms. The van der Waals surface area contributed by atoms with Crippen LogP contribution in [-0.2, 0) is 31.5 Å². The van der Waals surface area contributed by atoms with Crippen molar-refractivity contribution in [2.75, 3.05) is 0 Å². The summed E-state index contributed by atoms with van der Waals surface area (Å²) in [6.07, 6.45) is 7.62. The molecule has 0 unspecified atom stereocenters. The molecule has 0 radical (unpaired) electrons. The Morgan fingerprint density at radius 1 is 1.30 bits per heavy atom. The van der Waals surface area contributed by atoms with Gasteiger partial charge in [0.25, 0.3) is 0 Å². The molecule has 3 aromatic rings. The molecule has 0 saturated heterocycles. The van der Waals surface area contributed by atoms with E-state index in [1.54, 1.807) is 18.7 Å². The van der Waals surface area contributed by atoms with Gasteiger partial charge in [-0.2, -0.15) is 10.2 Å². The normalized spacial score (nSPS) is 14.5. The van der Waals surface area contributed by atoms with Gasteiger partial charge in [-0.3, -0.25) is 4.68 Å². The Kier molecular flexibility index (Phi) is 3.70. The van der Waals surface area contributed by atoms with Gasteiger partial charge in [0, 0.05) is 19.8 Å². The first-order valence-corrected chi connectivity index (χ1v) is 7.80. The maximum Gasteiger partial charge on any atom is 0.184 e. The number of aryl methyl sites for hydroxylation is 1. The minimum absolute atomic E-state index is 0.433. The first-order chi connectivity index (χ1) is 11.3. The van der Waals surface area contributed by atoms with Crippen molar-refractivity contribution >= 4 is 0 Å². The van der Waals surface area contributed by atoms with Gasteiger partial charge in [-0.15, -0.1) is 0 Å². The van der Waals surface area contributed by atoms with Crippen LogP contribution in [0.2, 0.25) is 0 Å². The van der Waals surface area contributed by atoms with Gasteiger partial charge >= 0.3 is 0 Å². The third kappa shape index (κ3) is 3.19. The Bertz CT molecular complexity index is 770. The van der Waals surface area contributed by atoms with Crippen LogP contribution in [0.4, 0.5) is 0 Å². The fraction of sp³-hybridized carbons (Fsp3) is 0.438. The van der Waals surface area contributed by atoms with Crippen LogP contribution in [0, 0.1) is 5.92 Å². The number of furan rings is 1. The molecule has 120 valence electrons. The molecule has 0 bridgehead atoms. The first-order valence-electron chi connectivity index (χ1n) is 7.80. The molecular formula is C16H19N5O2. The second kappa shape index (κ2) is 6.00. The van der Waals surface area contributed by atoms with Gasteiger partial charge in [-0.1, -0.05) is 0 Å². The van der Waals surface area contributed by atoms with E-state index in [2.05, 4.69) is 15.2 Å². The van der Waals surface area contributed by atoms with Crippen LogP contribution in [0.5, 0.6) is 0 Å². The van der Waals surface area contributed by atoms with Crippen molar-refractivity contribution in [2.45, 2.75) is 32.6 Å². The zero-order valence-electron chi connectivity index (χ0n) is 13.1. The molecule has 4 rings (SSSR count). The van der Waals surface area contributed by atoms with Crippen LogP contribution in [-0.4, -0.2) is 24.5 Å². The molecule has 23 heavy (non-hydrogen) atoms. The zero-order chi connectivity index (χ0) is 15.6. The zero-order valence-corrected chi connectivity index (χ0v) is 13.1. The largest absolute Gasteiger partial charge is 0.472 e. The average molecular weight is 313 g/mol. The minimum Gasteiger partial charge on any atom is -0.472 e. The molecule has 0 atom stereocenters. The summed E-state index contributed by atoms with van der Waals surface area (Å²) in [6, 6.07) is 3.82. The van der Waals surface area contributed by atoms with Crippen LogP contribution < -0.4 is 0 Å². The third-order valence-electron chi connectivity index (χ3n) is 4.06. The van der Waals surface area contributed by atoms with E-state index in [1.807, 2.05) is 28.5 Å². The monoisotopic (exact) mass is 313 g/mol. The van der Waals surface area contributed by atoms with Crippen LogP contribution in [0.15, 0.2) is 35.3 Å². The SMILES string of the molecule is Cn1nccc1COCc1nc(-c2ccoc2)nn1CC1CC1. The number of rotatable bonds is 7. The van der Waals surface area contributed by atoms with E-state index >= 15 is 0 Å². The standard InChI is InChI=1S/C16H19N5O2/c1-20-14(4-6-17-20)10-23-11-15-18-16(13-5-7-22-9-13)19-21(15)8-12-2-3-12/h4-7,9,12H,2-3,8,10-11H2,1H3. The molecule has 1 aliphatic rings. The van der Waals surface area contributed by atoms with E-state index < -0.39 is 0 Å². The number of nitrogens with zero attached hydrogens (tertiary/aromatic N) is 5. The first kappa shape index (κ1) is 14.2. The molecule has 0 spiro atoms. The highest BCUT2D eigenvalue weighted by molar-refractivity contribution is 5.51. The van der Waals surface area contributed by atoms with Crippen molar-refractivity contribution in [1.29, 1.82) is 0 Å². The lowest BCUT2D eigenvalue weighted by Crippen LogP contribution is -2.09. The molecule has 3 heterocycles. The highest BCUT2D eigenvalue weighted by Gasteiger charge is 2.24. The number of aromatic nitrogens is 5. The molecule has 0 N–H and O–H groups in total. The molecular weight excluding hydrogens is 294 g/mol.